The molecule has 4 nitrogen and oxygen atoms in total. The Morgan fingerprint density at radius 2 is 2.42 bits per heavy atom. The van der Waals surface area contributed by atoms with Gasteiger partial charge in [0.15, 0.2) is 0 Å². The lowest BCUT2D eigenvalue weighted by Gasteiger charge is -2.35. The Bertz CT molecular complexity index is 185. The molecule has 1 heterocycles. The Kier molecular flexibility index (Phi) is 2.94. The maximum atomic E-state index is 9.34. The number of hydrogen-bond donors (Lipinski definition) is 3. The van der Waals surface area contributed by atoms with Gasteiger partial charge >= 0.3 is 0 Å². The van der Waals surface area contributed by atoms with Gasteiger partial charge in [0.05, 0.1) is 11.9 Å². The summed E-state index contributed by atoms with van der Waals surface area (Å²) in [5.41, 5.74) is 6.66. The van der Waals surface area contributed by atoms with E-state index >= 15 is 0 Å². The van der Waals surface area contributed by atoms with Crippen molar-refractivity contribution in [3.8, 4) is 0 Å². The Balaban J connectivity index is 2.75. The summed E-state index contributed by atoms with van der Waals surface area (Å²) in [5.74, 6) is 0.361. The van der Waals surface area contributed by atoms with Gasteiger partial charge in [-0.3, -0.25) is 0 Å². The summed E-state index contributed by atoms with van der Waals surface area (Å²) in [6.45, 7) is 6.12. The molecule has 4 N–H and O–H groups in total. The Labute approximate surface area is 73.0 Å². The van der Waals surface area contributed by atoms with Crippen molar-refractivity contribution in [3.63, 3.8) is 0 Å². The number of nitrogens with one attached hydrogen (secondary N) is 1. The molecule has 1 unspecified atom stereocenters. The second kappa shape index (κ2) is 3.78. The number of aliphatic hydroxyl groups is 1. The Morgan fingerprint density at radius 3 is 2.83 bits per heavy atom. The molecule has 0 bridgehead atoms. The third-order valence-electron chi connectivity index (χ3n) is 2.08. The highest BCUT2D eigenvalue weighted by Crippen LogP contribution is 2.11. The topological polar surface area (TPSA) is 61.5 Å². The van der Waals surface area contributed by atoms with E-state index < -0.39 is 0 Å². The first-order chi connectivity index (χ1) is 5.63. The number of aliphatic hydroxyl groups excluding tert-OH is 1. The van der Waals surface area contributed by atoms with Crippen molar-refractivity contribution in [3.05, 3.63) is 11.5 Å². The third kappa shape index (κ3) is 1.89. The van der Waals surface area contributed by atoms with Crippen molar-refractivity contribution in [2.24, 2.45) is 5.73 Å². The second-order valence-corrected chi connectivity index (χ2v) is 3.14. The Morgan fingerprint density at radius 1 is 1.75 bits per heavy atom. The van der Waals surface area contributed by atoms with Crippen molar-refractivity contribution in [1.82, 2.24) is 10.2 Å². The molecule has 70 valence electrons. The molecule has 0 saturated carbocycles. The van der Waals surface area contributed by atoms with Gasteiger partial charge in [0, 0.05) is 19.6 Å². The molecule has 1 atom stereocenters. The zero-order valence-electron chi connectivity index (χ0n) is 7.67. The van der Waals surface area contributed by atoms with Crippen molar-refractivity contribution in [2.45, 2.75) is 20.0 Å². The maximum Gasteiger partial charge on any atom is 0.110 e. The monoisotopic (exact) mass is 171 g/mol. The van der Waals surface area contributed by atoms with E-state index in [9.17, 15) is 5.11 Å². The summed E-state index contributed by atoms with van der Waals surface area (Å²) in [5, 5.41) is 12.5. The van der Waals surface area contributed by atoms with Gasteiger partial charge in [0.25, 0.3) is 0 Å². The summed E-state index contributed by atoms with van der Waals surface area (Å²) in [6, 6.07) is 0. The van der Waals surface area contributed by atoms with Gasteiger partial charge in [-0.05, 0) is 13.8 Å². The van der Waals surface area contributed by atoms with Crippen LogP contribution in [0.2, 0.25) is 0 Å². The number of nitrogens with two attached hydrogens (primary N) is 1. The predicted molar refractivity (Wildman–Crippen MR) is 48.6 cm³/mol. The molecule has 1 aliphatic rings. The molecule has 0 aliphatic carbocycles. The van der Waals surface area contributed by atoms with E-state index in [2.05, 4.69) is 5.32 Å². The summed E-state index contributed by atoms with van der Waals surface area (Å²) in [4.78, 5) is 2.02. The molecule has 1 saturated heterocycles. The molecule has 0 aromatic rings. The van der Waals surface area contributed by atoms with Crippen LogP contribution in [0.1, 0.15) is 13.8 Å². The lowest BCUT2D eigenvalue weighted by Crippen LogP contribution is -2.49. The van der Waals surface area contributed by atoms with Crippen LogP contribution in [-0.4, -0.2) is 35.8 Å². The van der Waals surface area contributed by atoms with Crippen molar-refractivity contribution in [2.75, 3.05) is 19.6 Å². The number of nitrogens with zero attached hydrogens (tertiary/aromatic N) is 1. The number of allylic oxidation sites excluding steroid dienone is 1. The fourth-order valence-corrected chi connectivity index (χ4v) is 1.43. The molecule has 0 spiro atoms. The zero-order chi connectivity index (χ0) is 9.14. The molecular weight excluding hydrogens is 154 g/mol. The molecule has 0 aromatic heterocycles. The van der Waals surface area contributed by atoms with E-state index in [0.717, 1.165) is 18.8 Å². The molecular formula is C8H17N3O. The molecule has 0 amide bonds. The second-order valence-electron chi connectivity index (χ2n) is 3.14. The van der Waals surface area contributed by atoms with E-state index in [-0.39, 0.29) is 6.17 Å². The quantitative estimate of drug-likeness (QED) is 0.485. The van der Waals surface area contributed by atoms with E-state index in [0.29, 0.717) is 12.3 Å². The molecule has 0 radical (unpaired) electrons. The Hall–Kier alpha value is -0.740. The zero-order valence-corrected chi connectivity index (χ0v) is 7.67. The average molecular weight is 171 g/mol. The summed E-state index contributed by atoms with van der Waals surface area (Å²) < 4.78 is 0. The molecule has 1 fully saturated rings. The van der Waals surface area contributed by atoms with Gasteiger partial charge < -0.3 is 21.1 Å². The van der Waals surface area contributed by atoms with Crippen LogP contribution >= 0.6 is 0 Å². The lowest BCUT2D eigenvalue weighted by molar-refractivity contribution is 0.222. The van der Waals surface area contributed by atoms with Crippen LogP contribution in [0.15, 0.2) is 11.5 Å². The van der Waals surface area contributed by atoms with Crippen LogP contribution in [0.5, 0.6) is 0 Å². The first-order valence-corrected chi connectivity index (χ1v) is 4.24. The summed E-state index contributed by atoms with van der Waals surface area (Å²) >= 11 is 0. The third-order valence-corrected chi connectivity index (χ3v) is 2.08. The average Bonchev–Trinajstić information content (AvgIpc) is 2.04. The SMILES string of the molecule is CC(O)=C1CNCCN1C(C)N. The van der Waals surface area contributed by atoms with Gasteiger partial charge in [0.2, 0.25) is 0 Å². The summed E-state index contributed by atoms with van der Waals surface area (Å²) in [7, 11) is 0. The highest BCUT2D eigenvalue weighted by Gasteiger charge is 2.19. The van der Waals surface area contributed by atoms with E-state index in [1.54, 1.807) is 6.92 Å². The maximum absolute atomic E-state index is 9.34. The minimum atomic E-state index is -0.0239. The molecule has 4 heteroatoms. The minimum Gasteiger partial charge on any atom is -0.511 e. The lowest BCUT2D eigenvalue weighted by atomic mass is 10.2. The smallest absolute Gasteiger partial charge is 0.110 e. The van der Waals surface area contributed by atoms with Crippen LogP contribution in [-0.2, 0) is 0 Å². The molecule has 0 aromatic carbocycles. The fraction of sp³-hybridized carbons (Fsp3) is 0.750. The minimum absolute atomic E-state index is 0.0239. The number of piperazine rings is 1. The van der Waals surface area contributed by atoms with Crippen LogP contribution in [0.25, 0.3) is 0 Å². The summed E-state index contributed by atoms with van der Waals surface area (Å²) in [6.07, 6.45) is -0.0239. The van der Waals surface area contributed by atoms with Crippen LogP contribution < -0.4 is 11.1 Å². The number of rotatable bonds is 1. The van der Waals surface area contributed by atoms with Crippen molar-refractivity contribution < 1.29 is 5.11 Å². The van der Waals surface area contributed by atoms with Crippen LogP contribution in [0.4, 0.5) is 0 Å². The highest BCUT2D eigenvalue weighted by molar-refractivity contribution is 5.09. The van der Waals surface area contributed by atoms with Gasteiger partial charge in [-0.2, -0.15) is 0 Å². The van der Waals surface area contributed by atoms with E-state index in [1.165, 1.54) is 0 Å². The standard InChI is InChI=1S/C8H17N3O/c1-6(12)8-5-10-3-4-11(8)7(2)9/h7,10,12H,3-5,9H2,1-2H3. The van der Waals surface area contributed by atoms with E-state index in [1.807, 2.05) is 11.8 Å². The molecule has 1 rings (SSSR count). The fourth-order valence-electron chi connectivity index (χ4n) is 1.43. The van der Waals surface area contributed by atoms with Gasteiger partial charge in [-0.25, -0.2) is 0 Å². The largest absolute Gasteiger partial charge is 0.511 e. The van der Waals surface area contributed by atoms with Crippen LogP contribution in [0, 0.1) is 0 Å². The van der Waals surface area contributed by atoms with Crippen molar-refractivity contribution in [1.29, 1.82) is 0 Å². The number of hydrogen-bond acceptors (Lipinski definition) is 4. The first kappa shape index (κ1) is 9.35. The van der Waals surface area contributed by atoms with Crippen LogP contribution in [0.3, 0.4) is 0 Å². The predicted octanol–water partition coefficient (Wildman–Crippen LogP) is -0.0142. The normalized spacial score (nSPS) is 25.4. The van der Waals surface area contributed by atoms with Gasteiger partial charge in [0.1, 0.15) is 5.76 Å². The first-order valence-electron chi connectivity index (χ1n) is 4.24. The molecule has 12 heavy (non-hydrogen) atoms. The van der Waals surface area contributed by atoms with E-state index in [4.69, 9.17) is 5.73 Å². The molecule has 1 aliphatic heterocycles. The van der Waals surface area contributed by atoms with Crippen molar-refractivity contribution >= 4 is 0 Å². The van der Waals surface area contributed by atoms with Gasteiger partial charge in [-0.15, -0.1) is 0 Å². The highest BCUT2D eigenvalue weighted by atomic mass is 16.3. The van der Waals surface area contributed by atoms with Gasteiger partial charge in [-0.1, -0.05) is 0 Å².